The average molecular weight is 717 g/mol. The van der Waals surface area contributed by atoms with Gasteiger partial charge in [0.05, 0.1) is 28.7 Å². The molecule has 2 N–H and O–H groups in total. The van der Waals surface area contributed by atoms with E-state index in [0.29, 0.717) is 27.4 Å². The second kappa shape index (κ2) is 15.0. The zero-order valence-corrected chi connectivity index (χ0v) is 27.3. The number of nitrogens with zero attached hydrogens (tertiary/aromatic N) is 1. The summed E-state index contributed by atoms with van der Waals surface area (Å²) in [6.45, 7) is 1.92. The van der Waals surface area contributed by atoms with Crippen LogP contribution in [0.5, 0.6) is 0 Å². The first kappa shape index (κ1) is 33.3. The van der Waals surface area contributed by atoms with Crippen LogP contribution in [0.1, 0.15) is 39.6 Å². The summed E-state index contributed by atoms with van der Waals surface area (Å²) in [7, 11) is 0. The smallest absolute Gasteiger partial charge is 0.338 e. The van der Waals surface area contributed by atoms with Crippen LogP contribution in [-0.2, 0) is 19.1 Å². The van der Waals surface area contributed by atoms with Gasteiger partial charge in [-0.3, -0.25) is 19.2 Å². The molecule has 0 bridgehead atoms. The van der Waals surface area contributed by atoms with Gasteiger partial charge in [0.25, 0.3) is 11.8 Å². The maximum absolute atomic E-state index is 14.3. The van der Waals surface area contributed by atoms with Crippen molar-refractivity contribution < 1.29 is 33.1 Å². The molecule has 1 aliphatic heterocycles. The first-order valence-electron chi connectivity index (χ1n) is 14.4. The molecule has 1 aliphatic rings. The summed E-state index contributed by atoms with van der Waals surface area (Å²) in [5.74, 6) is -3.48. The van der Waals surface area contributed by atoms with Crippen LogP contribution in [0.25, 0.3) is 6.08 Å². The lowest BCUT2D eigenvalue weighted by atomic mass is 10.1. The number of benzene rings is 4. The number of rotatable bonds is 10. The minimum Gasteiger partial charge on any atom is -0.462 e. The lowest BCUT2D eigenvalue weighted by Gasteiger charge is -2.16. The van der Waals surface area contributed by atoms with E-state index in [1.165, 1.54) is 60.3 Å². The molecule has 1 atom stereocenters. The van der Waals surface area contributed by atoms with Crippen molar-refractivity contribution in [1.29, 1.82) is 0 Å². The zero-order chi connectivity index (χ0) is 33.5. The molecule has 1 fully saturated rings. The van der Waals surface area contributed by atoms with Gasteiger partial charge in [0.1, 0.15) is 11.5 Å². The Labute approximate surface area is 282 Å². The molecule has 238 valence electrons. The summed E-state index contributed by atoms with van der Waals surface area (Å²) in [5.41, 5.74) is 1.28. The number of amides is 4. The van der Waals surface area contributed by atoms with Crippen molar-refractivity contribution in [1.82, 2.24) is 5.32 Å². The highest BCUT2D eigenvalue weighted by Gasteiger charge is 2.40. The summed E-state index contributed by atoms with van der Waals surface area (Å²) in [5, 5.41) is 4.55. The molecular formula is C35H27BrFN3O6S. The second-order valence-electron chi connectivity index (χ2n) is 10.2. The van der Waals surface area contributed by atoms with Gasteiger partial charge < -0.3 is 15.4 Å². The number of thioether (sulfide) groups is 1. The number of ether oxygens (including phenoxy) is 1. The maximum Gasteiger partial charge on any atom is 0.338 e. The van der Waals surface area contributed by atoms with Crippen LogP contribution in [0, 0.1) is 5.82 Å². The van der Waals surface area contributed by atoms with Crippen LogP contribution >= 0.6 is 27.7 Å². The van der Waals surface area contributed by atoms with E-state index in [2.05, 4.69) is 26.6 Å². The third kappa shape index (κ3) is 8.21. The van der Waals surface area contributed by atoms with Crippen LogP contribution in [0.15, 0.2) is 112 Å². The van der Waals surface area contributed by atoms with E-state index in [1.54, 1.807) is 55.5 Å². The van der Waals surface area contributed by atoms with Crippen molar-refractivity contribution in [3.05, 3.63) is 130 Å². The largest absolute Gasteiger partial charge is 0.462 e. The monoisotopic (exact) mass is 715 g/mol. The minimum atomic E-state index is -0.796. The van der Waals surface area contributed by atoms with Gasteiger partial charge in [-0.05, 0) is 85.3 Å². The Bertz CT molecular complexity index is 1880. The van der Waals surface area contributed by atoms with E-state index < -0.39 is 34.8 Å². The quantitative estimate of drug-likeness (QED) is 0.108. The predicted molar refractivity (Wildman–Crippen MR) is 180 cm³/mol. The Balaban J connectivity index is 1.30. The third-order valence-corrected chi connectivity index (χ3v) is 8.61. The molecule has 9 nitrogen and oxygen atoms in total. The number of carbonyl (C=O) groups excluding carboxylic acids is 5. The van der Waals surface area contributed by atoms with Gasteiger partial charge in [-0.15, -0.1) is 11.8 Å². The highest BCUT2D eigenvalue weighted by atomic mass is 79.9. The highest BCUT2D eigenvalue weighted by Crippen LogP contribution is 2.35. The van der Waals surface area contributed by atoms with Crippen molar-refractivity contribution in [2.45, 2.75) is 23.5 Å². The molecule has 4 amide bonds. The van der Waals surface area contributed by atoms with Crippen molar-refractivity contribution in [3.63, 3.8) is 0 Å². The molecule has 0 aromatic heterocycles. The fourth-order valence-electron chi connectivity index (χ4n) is 4.66. The fraction of sp³-hybridized carbons (Fsp3) is 0.114. The molecule has 12 heteroatoms. The Morgan fingerprint density at radius 3 is 2.40 bits per heavy atom. The van der Waals surface area contributed by atoms with E-state index >= 15 is 0 Å². The first-order chi connectivity index (χ1) is 22.6. The van der Waals surface area contributed by atoms with E-state index in [0.717, 1.165) is 15.4 Å². The lowest BCUT2D eigenvalue weighted by molar-refractivity contribution is -0.121. The van der Waals surface area contributed by atoms with Gasteiger partial charge in [-0.25, -0.2) is 14.1 Å². The second-order valence-corrected chi connectivity index (χ2v) is 12.4. The van der Waals surface area contributed by atoms with E-state index in [9.17, 15) is 28.4 Å². The van der Waals surface area contributed by atoms with Crippen LogP contribution in [0.3, 0.4) is 0 Å². The van der Waals surface area contributed by atoms with Gasteiger partial charge in [0, 0.05) is 21.5 Å². The number of carbonyl (C=O) groups is 5. The molecule has 0 unspecified atom stereocenters. The number of esters is 1. The molecule has 0 radical (unpaired) electrons. The first-order valence-corrected chi connectivity index (χ1v) is 16.1. The Morgan fingerprint density at radius 1 is 0.979 bits per heavy atom. The summed E-state index contributed by atoms with van der Waals surface area (Å²) < 4.78 is 20.1. The number of hydrogen-bond donors (Lipinski definition) is 2. The van der Waals surface area contributed by atoms with Crippen LogP contribution < -0.4 is 15.5 Å². The summed E-state index contributed by atoms with van der Waals surface area (Å²) in [6.07, 6.45) is 1.43. The van der Waals surface area contributed by atoms with E-state index in [-0.39, 0.29) is 30.2 Å². The van der Waals surface area contributed by atoms with Crippen LogP contribution in [0.4, 0.5) is 15.8 Å². The topological polar surface area (TPSA) is 122 Å². The molecule has 0 aliphatic carbocycles. The summed E-state index contributed by atoms with van der Waals surface area (Å²) in [4.78, 5) is 66.2. The van der Waals surface area contributed by atoms with Crippen LogP contribution in [0.2, 0.25) is 0 Å². The zero-order valence-electron chi connectivity index (χ0n) is 24.9. The molecule has 4 aromatic carbocycles. The molecule has 0 spiro atoms. The number of imide groups is 1. The number of nitrogens with one attached hydrogen (secondary N) is 2. The standard InChI is InChI=1S/C35H27BrFN3O6S/c1-2-46-35(45)22-12-16-25(17-13-22)40-31(41)20-30(34(40)44)47-26-7-5-6-24(19-26)38-33(43)29(18-21-10-14-23(36)15-11-21)39-32(42)27-8-3-4-9-28(27)37/h3-19,30H,2,20H2,1H3,(H,38,43)(H,39,42)/b29-18-/t30-/m1/s1. The molecule has 47 heavy (non-hydrogen) atoms. The van der Waals surface area contributed by atoms with Crippen LogP contribution in [-0.4, -0.2) is 41.5 Å². The number of halogens is 2. The number of hydrogen-bond acceptors (Lipinski definition) is 7. The number of anilines is 2. The predicted octanol–water partition coefficient (Wildman–Crippen LogP) is 6.60. The van der Waals surface area contributed by atoms with Gasteiger partial charge in [-0.2, -0.15) is 0 Å². The molecule has 0 saturated carbocycles. The van der Waals surface area contributed by atoms with Gasteiger partial charge >= 0.3 is 5.97 Å². The maximum atomic E-state index is 14.3. The van der Waals surface area contributed by atoms with Gasteiger partial charge in [0.2, 0.25) is 11.8 Å². The molecule has 5 rings (SSSR count). The van der Waals surface area contributed by atoms with Gasteiger partial charge in [-0.1, -0.05) is 46.3 Å². The van der Waals surface area contributed by atoms with Crippen molar-refractivity contribution in [2.24, 2.45) is 0 Å². The summed E-state index contributed by atoms with van der Waals surface area (Å²) >= 11 is 4.54. The Morgan fingerprint density at radius 2 is 1.70 bits per heavy atom. The van der Waals surface area contributed by atoms with E-state index in [4.69, 9.17) is 4.74 Å². The Hall–Kier alpha value is -5.07. The minimum absolute atomic E-state index is 0.0398. The SMILES string of the molecule is CCOC(=O)c1ccc(N2C(=O)C[C@@H](Sc3cccc(NC(=O)/C(=C/c4ccc(Br)cc4)NC(=O)c4ccccc4F)c3)C2=O)cc1. The van der Waals surface area contributed by atoms with Gasteiger partial charge in [0.15, 0.2) is 0 Å². The molecular weight excluding hydrogens is 689 g/mol. The van der Waals surface area contributed by atoms with Crippen molar-refractivity contribution in [2.75, 3.05) is 16.8 Å². The molecule has 1 saturated heterocycles. The van der Waals surface area contributed by atoms with Crippen molar-refractivity contribution in [3.8, 4) is 0 Å². The van der Waals surface area contributed by atoms with Crippen molar-refractivity contribution >= 4 is 74.7 Å². The van der Waals surface area contributed by atoms with E-state index in [1.807, 2.05) is 0 Å². The average Bonchev–Trinajstić information content (AvgIpc) is 3.33. The highest BCUT2D eigenvalue weighted by molar-refractivity contribution is 9.10. The third-order valence-electron chi connectivity index (χ3n) is 6.90. The lowest BCUT2D eigenvalue weighted by Crippen LogP contribution is -2.31. The summed E-state index contributed by atoms with van der Waals surface area (Å²) in [6, 6.07) is 25.2. The molecule has 1 heterocycles. The normalized spacial score (nSPS) is 14.6. The fourth-order valence-corrected chi connectivity index (χ4v) is 6.03. The molecule has 4 aromatic rings. The Kier molecular flexibility index (Phi) is 10.6.